The summed E-state index contributed by atoms with van der Waals surface area (Å²) in [6.45, 7) is 5.07. The molecule has 0 spiro atoms. The number of benzene rings is 2. The molecular weight excluding hydrogens is 404 g/mol. The third-order valence-corrected chi connectivity index (χ3v) is 4.66. The number of nitrogens with zero attached hydrogens (tertiary/aromatic N) is 3. The van der Waals surface area contributed by atoms with Gasteiger partial charge in [-0.3, -0.25) is 0 Å². The molecule has 1 atom stereocenters. The number of carbonyl (C=O) groups excluding carboxylic acids is 1. The number of rotatable bonds is 6. The highest BCUT2D eigenvalue weighted by molar-refractivity contribution is 6.06. The predicted octanol–water partition coefficient (Wildman–Crippen LogP) is 4.70. The smallest absolute Gasteiger partial charge is 0.332 e. The summed E-state index contributed by atoms with van der Waals surface area (Å²) in [4.78, 5) is 22.8. The molecule has 9 heteroatoms. The third kappa shape index (κ3) is 5.73. The molecule has 1 aromatic heterocycles. The standard InChI is InChI=1S/C22H23F2N5O2/c1-14(22(2,3)31)26-20-25-13-12-19(28-20)29(18-10-6-16(24)7-11-18)21(30)27-17-8-4-15(23)5-9-17/h4-14,31H,1-3H3,(H,27,30)(H,25,26,28)/t14-/m0/s1. The molecule has 3 rings (SSSR count). The summed E-state index contributed by atoms with van der Waals surface area (Å²) < 4.78 is 26.6. The average Bonchev–Trinajstić information content (AvgIpc) is 2.71. The van der Waals surface area contributed by atoms with Crippen molar-refractivity contribution < 1.29 is 18.7 Å². The zero-order valence-corrected chi connectivity index (χ0v) is 17.3. The first-order chi connectivity index (χ1) is 14.6. The lowest BCUT2D eigenvalue weighted by atomic mass is 10.0. The van der Waals surface area contributed by atoms with Gasteiger partial charge in [0.2, 0.25) is 5.95 Å². The molecule has 2 amide bonds. The minimum Gasteiger partial charge on any atom is -0.388 e. The number of halogens is 2. The number of hydrogen-bond acceptors (Lipinski definition) is 5. The van der Waals surface area contributed by atoms with E-state index >= 15 is 0 Å². The molecule has 3 N–H and O–H groups in total. The summed E-state index contributed by atoms with van der Waals surface area (Å²) >= 11 is 0. The first-order valence-corrected chi connectivity index (χ1v) is 9.57. The van der Waals surface area contributed by atoms with Crippen molar-refractivity contribution in [2.75, 3.05) is 15.5 Å². The Kier molecular flexibility index (Phi) is 6.45. The second-order valence-corrected chi connectivity index (χ2v) is 7.51. The Bertz CT molecular complexity index is 1040. The van der Waals surface area contributed by atoms with Crippen LogP contribution in [0.15, 0.2) is 60.8 Å². The van der Waals surface area contributed by atoms with Gasteiger partial charge in [-0.15, -0.1) is 0 Å². The van der Waals surface area contributed by atoms with Crippen molar-refractivity contribution in [2.45, 2.75) is 32.4 Å². The van der Waals surface area contributed by atoms with Crippen molar-refractivity contribution in [3.05, 3.63) is 72.4 Å². The molecule has 3 aromatic rings. The summed E-state index contributed by atoms with van der Waals surface area (Å²) in [5.74, 6) is -0.465. The van der Waals surface area contributed by atoms with E-state index in [1.165, 1.54) is 65.7 Å². The molecule has 0 aliphatic heterocycles. The maximum absolute atomic E-state index is 13.4. The summed E-state index contributed by atoms with van der Waals surface area (Å²) in [6.07, 6.45) is 1.46. The number of nitrogens with one attached hydrogen (secondary N) is 2. The normalized spacial score (nSPS) is 12.2. The van der Waals surface area contributed by atoms with Crippen LogP contribution < -0.4 is 15.5 Å². The maximum atomic E-state index is 13.4. The fourth-order valence-corrected chi connectivity index (χ4v) is 2.57. The Morgan fingerprint density at radius 3 is 2.19 bits per heavy atom. The number of carbonyl (C=O) groups is 1. The van der Waals surface area contributed by atoms with Gasteiger partial charge in [0.25, 0.3) is 0 Å². The van der Waals surface area contributed by atoms with Crippen molar-refractivity contribution in [2.24, 2.45) is 0 Å². The Morgan fingerprint density at radius 1 is 1.03 bits per heavy atom. The summed E-state index contributed by atoms with van der Waals surface area (Å²) in [5, 5.41) is 15.8. The van der Waals surface area contributed by atoms with Crippen LogP contribution in [-0.2, 0) is 0 Å². The Labute approximate surface area is 178 Å². The SMILES string of the molecule is C[C@H](Nc1nccc(N(C(=O)Nc2ccc(F)cc2)c2ccc(F)cc2)n1)C(C)(C)O. The van der Waals surface area contributed by atoms with E-state index in [0.29, 0.717) is 11.4 Å². The molecule has 1 heterocycles. The molecule has 0 unspecified atom stereocenters. The van der Waals surface area contributed by atoms with Gasteiger partial charge in [-0.1, -0.05) is 0 Å². The Morgan fingerprint density at radius 2 is 1.61 bits per heavy atom. The fourth-order valence-electron chi connectivity index (χ4n) is 2.57. The van der Waals surface area contributed by atoms with Crippen LogP contribution in [0.3, 0.4) is 0 Å². The van der Waals surface area contributed by atoms with E-state index in [-0.39, 0.29) is 17.8 Å². The van der Waals surface area contributed by atoms with Gasteiger partial charge in [-0.25, -0.2) is 23.5 Å². The monoisotopic (exact) mass is 427 g/mol. The second-order valence-electron chi connectivity index (χ2n) is 7.51. The summed E-state index contributed by atoms with van der Waals surface area (Å²) in [6, 6.07) is 11.2. The van der Waals surface area contributed by atoms with Crippen LogP contribution in [0.2, 0.25) is 0 Å². The van der Waals surface area contributed by atoms with Crippen LogP contribution in [0.1, 0.15) is 20.8 Å². The van der Waals surface area contributed by atoms with E-state index in [0.717, 1.165) is 0 Å². The number of aliphatic hydroxyl groups is 1. The molecule has 2 aromatic carbocycles. The van der Waals surface area contributed by atoms with Crippen LogP contribution in [-0.4, -0.2) is 32.7 Å². The number of anilines is 4. The molecule has 162 valence electrons. The topological polar surface area (TPSA) is 90.4 Å². The molecule has 0 saturated heterocycles. The lowest BCUT2D eigenvalue weighted by Gasteiger charge is -2.27. The second kappa shape index (κ2) is 9.05. The predicted molar refractivity (Wildman–Crippen MR) is 115 cm³/mol. The average molecular weight is 427 g/mol. The molecule has 0 aliphatic carbocycles. The van der Waals surface area contributed by atoms with Crippen LogP contribution in [0.4, 0.5) is 36.7 Å². The van der Waals surface area contributed by atoms with Gasteiger partial charge in [-0.2, -0.15) is 4.98 Å². The molecule has 7 nitrogen and oxygen atoms in total. The van der Waals surface area contributed by atoms with Crippen molar-refractivity contribution in [1.82, 2.24) is 9.97 Å². The van der Waals surface area contributed by atoms with Crippen LogP contribution >= 0.6 is 0 Å². The number of urea groups is 1. The third-order valence-electron chi connectivity index (χ3n) is 4.66. The van der Waals surface area contributed by atoms with Gasteiger partial charge >= 0.3 is 6.03 Å². The number of aromatic nitrogens is 2. The minimum absolute atomic E-state index is 0.203. The van der Waals surface area contributed by atoms with Crippen LogP contribution in [0.5, 0.6) is 0 Å². The van der Waals surface area contributed by atoms with Gasteiger partial charge in [0.15, 0.2) is 0 Å². The summed E-state index contributed by atoms with van der Waals surface area (Å²) in [7, 11) is 0. The highest BCUT2D eigenvalue weighted by Gasteiger charge is 2.24. The van der Waals surface area contributed by atoms with E-state index in [1.807, 2.05) is 0 Å². The molecule has 31 heavy (non-hydrogen) atoms. The fraction of sp³-hybridized carbons (Fsp3) is 0.227. The molecule has 0 aliphatic rings. The van der Waals surface area contributed by atoms with E-state index in [9.17, 15) is 18.7 Å². The molecule has 0 fully saturated rings. The molecule has 0 radical (unpaired) electrons. The van der Waals surface area contributed by atoms with Crippen molar-refractivity contribution >= 4 is 29.2 Å². The number of amides is 2. The Hall–Kier alpha value is -3.59. The van der Waals surface area contributed by atoms with Crippen molar-refractivity contribution in [3.8, 4) is 0 Å². The van der Waals surface area contributed by atoms with Crippen LogP contribution in [0, 0.1) is 11.6 Å². The van der Waals surface area contributed by atoms with Gasteiger partial charge in [0.05, 0.1) is 17.3 Å². The van der Waals surface area contributed by atoms with Gasteiger partial charge < -0.3 is 15.7 Å². The first-order valence-electron chi connectivity index (χ1n) is 9.57. The van der Waals surface area contributed by atoms with Crippen LogP contribution in [0.25, 0.3) is 0 Å². The van der Waals surface area contributed by atoms with E-state index in [1.54, 1.807) is 20.8 Å². The first kappa shape index (κ1) is 22.1. The summed E-state index contributed by atoms with van der Waals surface area (Å²) in [5.41, 5.74) is -0.293. The van der Waals surface area contributed by atoms with Gasteiger partial charge in [0, 0.05) is 18.0 Å². The van der Waals surface area contributed by atoms with Crippen molar-refractivity contribution in [1.29, 1.82) is 0 Å². The lowest BCUT2D eigenvalue weighted by Crippen LogP contribution is -2.40. The molecular formula is C22H23F2N5O2. The minimum atomic E-state index is -1.03. The van der Waals surface area contributed by atoms with Gasteiger partial charge in [0.1, 0.15) is 17.5 Å². The van der Waals surface area contributed by atoms with E-state index < -0.39 is 23.3 Å². The molecule has 0 bridgehead atoms. The Balaban J connectivity index is 1.94. The quantitative estimate of drug-likeness (QED) is 0.531. The number of hydrogen-bond donors (Lipinski definition) is 3. The highest BCUT2D eigenvalue weighted by Crippen LogP contribution is 2.26. The van der Waals surface area contributed by atoms with E-state index in [4.69, 9.17) is 0 Å². The maximum Gasteiger partial charge on any atom is 0.332 e. The van der Waals surface area contributed by atoms with E-state index in [2.05, 4.69) is 20.6 Å². The zero-order valence-electron chi connectivity index (χ0n) is 17.3. The van der Waals surface area contributed by atoms with Crippen molar-refractivity contribution in [3.63, 3.8) is 0 Å². The molecule has 0 saturated carbocycles. The highest BCUT2D eigenvalue weighted by atomic mass is 19.1. The van der Waals surface area contributed by atoms with Gasteiger partial charge in [-0.05, 0) is 69.3 Å². The zero-order chi connectivity index (χ0) is 22.6. The lowest BCUT2D eigenvalue weighted by molar-refractivity contribution is 0.0646. The largest absolute Gasteiger partial charge is 0.388 e.